The van der Waals surface area contributed by atoms with Crippen LogP contribution in [-0.4, -0.2) is 17.7 Å². The highest BCUT2D eigenvalue weighted by molar-refractivity contribution is 7.10. The standard InChI is InChI=1S/C12H14O4S/c1-7(8-5-4-6-17-8)9-10(13)15-12(2,3)16-11(9)14/h4-7,9H,1-3H3. The van der Waals surface area contributed by atoms with E-state index in [9.17, 15) is 9.59 Å². The lowest BCUT2D eigenvalue weighted by Crippen LogP contribution is -2.47. The van der Waals surface area contributed by atoms with E-state index in [2.05, 4.69) is 0 Å². The summed E-state index contributed by atoms with van der Waals surface area (Å²) in [6.07, 6.45) is 0. The fourth-order valence-electron chi connectivity index (χ4n) is 1.85. The first-order chi connectivity index (χ1) is 7.91. The van der Waals surface area contributed by atoms with Crippen molar-refractivity contribution in [3.05, 3.63) is 22.4 Å². The molecule has 1 unspecified atom stereocenters. The highest BCUT2D eigenvalue weighted by atomic mass is 32.1. The minimum absolute atomic E-state index is 0.217. The predicted octanol–water partition coefficient (Wildman–Crippen LogP) is 2.30. The molecule has 0 radical (unpaired) electrons. The Balaban J connectivity index is 2.22. The maximum absolute atomic E-state index is 11.8. The smallest absolute Gasteiger partial charge is 0.324 e. The summed E-state index contributed by atoms with van der Waals surface area (Å²) < 4.78 is 10.2. The summed E-state index contributed by atoms with van der Waals surface area (Å²) in [5.41, 5.74) is 0. The lowest BCUT2D eigenvalue weighted by atomic mass is 9.92. The van der Waals surface area contributed by atoms with Gasteiger partial charge in [0.25, 0.3) is 5.79 Å². The van der Waals surface area contributed by atoms with Crippen molar-refractivity contribution in [2.45, 2.75) is 32.5 Å². The Kier molecular flexibility index (Phi) is 2.95. The molecule has 0 amide bonds. The van der Waals surface area contributed by atoms with E-state index in [1.165, 1.54) is 11.3 Å². The second-order valence-electron chi connectivity index (χ2n) is 4.52. The molecule has 1 aliphatic rings. The van der Waals surface area contributed by atoms with Gasteiger partial charge in [0.1, 0.15) is 0 Å². The number of esters is 2. The van der Waals surface area contributed by atoms with Crippen molar-refractivity contribution in [3.8, 4) is 0 Å². The summed E-state index contributed by atoms with van der Waals surface area (Å²) in [4.78, 5) is 24.7. The molecular formula is C12H14O4S. The van der Waals surface area contributed by atoms with Crippen molar-refractivity contribution >= 4 is 23.3 Å². The summed E-state index contributed by atoms with van der Waals surface area (Å²) in [7, 11) is 0. The van der Waals surface area contributed by atoms with E-state index in [0.717, 1.165) is 4.88 Å². The zero-order chi connectivity index (χ0) is 12.6. The molecule has 1 fully saturated rings. The Labute approximate surface area is 104 Å². The number of ether oxygens (including phenoxy) is 2. The van der Waals surface area contributed by atoms with E-state index in [4.69, 9.17) is 9.47 Å². The van der Waals surface area contributed by atoms with Gasteiger partial charge in [-0.25, -0.2) is 0 Å². The molecule has 1 atom stereocenters. The maximum atomic E-state index is 11.8. The van der Waals surface area contributed by atoms with Crippen LogP contribution in [0.2, 0.25) is 0 Å². The zero-order valence-corrected chi connectivity index (χ0v) is 10.7. The molecule has 0 N–H and O–H groups in total. The van der Waals surface area contributed by atoms with E-state index < -0.39 is 23.6 Å². The van der Waals surface area contributed by atoms with Gasteiger partial charge in [0.15, 0.2) is 5.92 Å². The van der Waals surface area contributed by atoms with E-state index >= 15 is 0 Å². The van der Waals surface area contributed by atoms with E-state index in [1.54, 1.807) is 13.8 Å². The average molecular weight is 254 g/mol. The second-order valence-corrected chi connectivity index (χ2v) is 5.50. The number of rotatable bonds is 2. The minimum atomic E-state index is -1.15. The first kappa shape index (κ1) is 12.1. The Bertz CT molecular complexity index is 415. The molecule has 2 heterocycles. The van der Waals surface area contributed by atoms with Gasteiger partial charge in [-0.1, -0.05) is 13.0 Å². The summed E-state index contributed by atoms with van der Waals surface area (Å²) in [5, 5.41) is 1.91. The third-order valence-electron chi connectivity index (χ3n) is 2.69. The normalized spacial score (nSPS) is 21.8. The number of carbonyl (C=O) groups excluding carboxylic acids is 2. The van der Waals surface area contributed by atoms with Crippen molar-refractivity contribution in [2.75, 3.05) is 0 Å². The molecule has 0 aliphatic carbocycles. The molecule has 1 aliphatic heterocycles. The van der Waals surface area contributed by atoms with Crippen molar-refractivity contribution in [1.29, 1.82) is 0 Å². The first-order valence-corrected chi connectivity index (χ1v) is 6.28. The summed E-state index contributed by atoms with van der Waals surface area (Å²) in [6.45, 7) is 4.93. The van der Waals surface area contributed by atoms with Gasteiger partial charge in [-0.15, -0.1) is 11.3 Å². The number of hydrogen-bond donors (Lipinski definition) is 0. The topological polar surface area (TPSA) is 52.6 Å². The van der Waals surface area contributed by atoms with Gasteiger partial charge in [0, 0.05) is 24.6 Å². The third-order valence-corrected chi connectivity index (χ3v) is 3.77. The van der Waals surface area contributed by atoms with Crippen LogP contribution in [0.3, 0.4) is 0 Å². The van der Waals surface area contributed by atoms with Gasteiger partial charge >= 0.3 is 11.9 Å². The van der Waals surface area contributed by atoms with Gasteiger partial charge in [-0.05, 0) is 11.4 Å². The number of carbonyl (C=O) groups is 2. The second kappa shape index (κ2) is 4.14. The Hall–Kier alpha value is -1.36. The number of hydrogen-bond acceptors (Lipinski definition) is 5. The highest BCUT2D eigenvalue weighted by Crippen LogP contribution is 2.34. The fraction of sp³-hybridized carbons (Fsp3) is 0.500. The van der Waals surface area contributed by atoms with E-state index in [-0.39, 0.29) is 5.92 Å². The van der Waals surface area contributed by atoms with Crippen molar-refractivity contribution in [2.24, 2.45) is 5.92 Å². The van der Waals surface area contributed by atoms with Crippen LogP contribution in [0.1, 0.15) is 31.6 Å². The Morgan fingerprint density at radius 2 is 1.88 bits per heavy atom. The van der Waals surface area contributed by atoms with Crippen LogP contribution in [0.4, 0.5) is 0 Å². The fourth-order valence-corrected chi connectivity index (χ4v) is 2.67. The summed E-state index contributed by atoms with van der Waals surface area (Å²) in [5.74, 6) is -3.24. The first-order valence-electron chi connectivity index (χ1n) is 5.40. The van der Waals surface area contributed by atoms with Crippen LogP contribution in [0.5, 0.6) is 0 Å². The largest absolute Gasteiger partial charge is 0.422 e. The van der Waals surface area contributed by atoms with Crippen LogP contribution >= 0.6 is 11.3 Å². The molecule has 1 aromatic rings. The lowest BCUT2D eigenvalue weighted by molar-refractivity contribution is -0.240. The summed E-state index contributed by atoms with van der Waals surface area (Å²) >= 11 is 1.51. The van der Waals surface area contributed by atoms with Crippen LogP contribution in [0.25, 0.3) is 0 Å². The van der Waals surface area contributed by atoms with Crippen LogP contribution in [0, 0.1) is 5.92 Å². The van der Waals surface area contributed by atoms with E-state index in [1.807, 2.05) is 24.4 Å². The SMILES string of the molecule is CC(c1cccs1)C1C(=O)OC(C)(C)OC1=O. The zero-order valence-electron chi connectivity index (χ0n) is 9.93. The van der Waals surface area contributed by atoms with E-state index in [0.29, 0.717) is 0 Å². The molecular weight excluding hydrogens is 240 g/mol. The number of thiophene rings is 1. The van der Waals surface area contributed by atoms with Gasteiger partial charge in [-0.3, -0.25) is 9.59 Å². The van der Waals surface area contributed by atoms with Gasteiger partial charge in [0.2, 0.25) is 0 Å². The van der Waals surface area contributed by atoms with Gasteiger partial charge in [-0.2, -0.15) is 0 Å². The molecule has 1 aromatic heterocycles. The minimum Gasteiger partial charge on any atom is -0.422 e. The van der Waals surface area contributed by atoms with Crippen molar-refractivity contribution in [1.82, 2.24) is 0 Å². The molecule has 1 saturated heterocycles. The molecule has 0 spiro atoms. The molecule has 92 valence electrons. The van der Waals surface area contributed by atoms with Crippen molar-refractivity contribution < 1.29 is 19.1 Å². The molecule has 0 bridgehead atoms. The van der Waals surface area contributed by atoms with Gasteiger partial charge in [0.05, 0.1) is 0 Å². The lowest BCUT2D eigenvalue weighted by Gasteiger charge is -2.34. The third kappa shape index (κ3) is 2.34. The van der Waals surface area contributed by atoms with Crippen molar-refractivity contribution in [3.63, 3.8) is 0 Å². The number of cyclic esters (lactones) is 2. The van der Waals surface area contributed by atoms with Crippen LogP contribution in [0.15, 0.2) is 17.5 Å². The van der Waals surface area contributed by atoms with Crippen LogP contribution in [-0.2, 0) is 19.1 Å². The van der Waals surface area contributed by atoms with Crippen LogP contribution < -0.4 is 0 Å². The highest BCUT2D eigenvalue weighted by Gasteiger charge is 2.46. The quantitative estimate of drug-likeness (QED) is 0.600. The summed E-state index contributed by atoms with van der Waals surface area (Å²) in [6, 6.07) is 3.79. The molecule has 0 saturated carbocycles. The van der Waals surface area contributed by atoms with Gasteiger partial charge < -0.3 is 9.47 Å². The molecule has 0 aromatic carbocycles. The average Bonchev–Trinajstić information content (AvgIpc) is 2.66. The Morgan fingerprint density at radius 3 is 2.35 bits per heavy atom. The molecule has 17 heavy (non-hydrogen) atoms. The Morgan fingerprint density at radius 1 is 1.29 bits per heavy atom. The maximum Gasteiger partial charge on any atom is 0.324 e. The predicted molar refractivity (Wildman–Crippen MR) is 62.5 cm³/mol. The molecule has 4 nitrogen and oxygen atoms in total. The monoisotopic (exact) mass is 254 g/mol. The molecule has 5 heteroatoms. The molecule has 2 rings (SSSR count).